The van der Waals surface area contributed by atoms with E-state index in [0.717, 1.165) is 10.0 Å². The molecule has 1 fully saturated rings. The summed E-state index contributed by atoms with van der Waals surface area (Å²) in [6.07, 6.45) is 8.91. The minimum atomic E-state index is 0.612. The molecule has 0 spiro atoms. The molecule has 5 aromatic rings. The third-order valence-corrected chi connectivity index (χ3v) is 15.2. The second-order valence-corrected chi connectivity index (χ2v) is 16.9. The largest absolute Gasteiger partial charge is 0.179 e. The summed E-state index contributed by atoms with van der Waals surface area (Å²) in [7, 11) is 0. The van der Waals surface area contributed by atoms with Crippen molar-refractivity contribution in [3.63, 3.8) is 0 Å². The lowest BCUT2D eigenvalue weighted by Crippen LogP contribution is -2.12. The number of fused-ring (bicyclic) bond motifs is 2. The van der Waals surface area contributed by atoms with E-state index < -0.39 is 0 Å². The fourth-order valence-corrected chi connectivity index (χ4v) is 12.4. The van der Waals surface area contributed by atoms with Gasteiger partial charge in [-0.15, -0.1) is 54.2 Å². The second kappa shape index (κ2) is 11.2. The first-order valence-electron chi connectivity index (χ1n) is 12.9. The number of benzene rings is 1. The molecule has 186 valence electrons. The van der Waals surface area contributed by atoms with Crippen molar-refractivity contribution in [2.75, 3.05) is 0 Å². The molecule has 4 aromatic heterocycles. The van der Waals surface area contributed by atoms with Gasteiger partial charge in [0.25, 0.3) is 0 Å². The molecule has 2 unspecified atom stereocenters. The van der Waals surface area contributed by atoms with Crippen molar-refractivity contribution < 1.29 is 0 Å². The van der Waals surface area contributed by atoms with E-state index in [1.165, 1.54) is 103 Å². The molecule has 2 atom stereocenters. The maximum Gasteiger partial charge on any atom is 0.179 e. The van der Waals surface area contributed by atoms with Crippen LogP contribution in [0, 0.1) is 13.8 Å². The molecule has 0 N–H and O–H groups in total. The Bertz CT molecular complexity index is 1530. The van der Waals surface area contributed by atoms with E-state index in [4.69, 9.17) is 23.2 Å². The minimum absolute atomic E-state index is 0.612. The number of rotatable bonds is 3. The van der Waals surface area contributed by atoms with Crippen LogP contribution in [0.1, 0.15) is 76.3 Å². The standard InChI is InChI=1S/C29H26Cl2S4.2Al/c1-16-10-20-11-25-21(12-24(20)32-16)13-28(34-25)29-23(31)15-27(35-29)19-7-4-3-6-18(8-5-9-19)26-14-22(30)17(2)33-26;;/h10,13-15,18-19H,3-9H2,1-2H3;;. The van der Waals surface area contributed by atoms with Crippen LogP contribution in [0.3, 0.4) is 0 Å². The van der Waals surface area contributed by atoms with Gasteiger partial charge >= 0.3 is 0 Å². The summed E-state index contributed by atoms with van der Waals surface area (Å²) in [5, 5.41) is 4.56. The van der Waals surface area contributed by atoms with E-state index >= 15 is 0 Å². The smallest absolute Gasteiger partial charge is 0.144 e. The van der Waals surface area contributed by atoms with Crippen LogP contribution in [-0.4, -0.2) is 32.6 Å². The number of aryl methyl sites for hydroxylation is 2. The van der Waals surface area contributed by atoms with E-state index in [2.05, 4.69) is 70.7 Å². The SMILES string of the molecule is Cc1cc2[c]([Al])c3sc(-c4sc(C5CCCCC(c6cc(Cl)c(C)s6)CCC5)cc4Cl)cc3[c]([Al])c2s1. The van der Waals surface area contributed by atoms with Crippen molar-refractivity contribution >= 4 is 130 Å². The van der Waals surface area contributed by atoms with Gasteiger partial charge in [0.1, 0.15) is 0 Å². The molecular weight excluding hydrogens is 601 g/mol. The summed E-state index contributed by atoms with van der Waals surface area (Å²) < 4.78 is 5.38. The summed E-state index contributed by atoms with van der Waals surface area (Å²) in [4.78, 5) is 8.12. The Kier molecular flexibility index (Phi) is 8.30. The highest BCUT2D eigenvalue weighted by atomic mass is 35.5. The zero-order chi connectivity index (χ0) is 25.8. The zero-order valence-electron chi connectivity index (χ0n) is 21.0. The molecule has 1 aromatic carbocycles. The minimum Gasteiger partial charge on any atom is -0.144 e. The van der Waals surface area contributed by atoms with Gasteiger partial charge in [-0.05, 0) is 86.4 Å². The Labute approximate surface area is 261 Å². The maximum absolute atomic E-state index is 6.93. The van der Waals surface area contributed by atoms with Gasteiger partial charge in [0, 0.05) is 33.8 Å². The van der Waals surface area contributed by atoms with E-state index in [0.29, 0.717) is 11.8 Å². The highest BCUT2D eigenvalue weighted by molar-refractivity contribution is 7.28. The average molecular weight is 628 g/mol. The predicted octanol–water partition coefficient (Wildman–Crippen LogP) is 10.0. The van der Waals surface area contributed by atoms with Crippen LogP contribution >= 0.6 is 68.5 Å². The van der Waals surface area contributed by atoms with Crippen molar-refractivity contribution in [2.45, 2.75) is 70.6 Å². The molecule has 37 heavy (non-hydrogen) atoms. The summed E-state index contributed by atoms with van der Waals surface area (Å²) in [5.74, 6) is 1.28. The van der Waals surface area contributed by atoms with Crippen LogP contribution in [0.15, 0.2) is 24.3 Å². The topological polar surface area (TPSA) is 0 Å². The molecule has 0 amide bonds. The van der Waals surface area contributed by atoms with Gasteiger partial charge in [0.05, 0.1) is 14.9 Å². The summed E-state index contributed by atoms with van der Waals surface area (Å²) >= 11 is 27.0. The zero-order valence-corrected chi connectivity index (χ0v) is 28.0. The molecule has 4 heterocycles. The Balaban J connectivity index is 1.26. The van der Waals surface area contributed by atoms with Crippen LogP contribution in [0.2, 0.25) is 10.0 Å². The van der Waals surface area contributed by atoms with Crippen molar-refractivity contribution in [3.8, 4) is 9.75 Å². The molecule has 0 aliphatic heterocycles. The van der Waals surface area contributed by atoms with Crippen molar-refractivity contribution in [2.24, 2.45) is 0 Å². The molecule has 6 rings (SSSR count). The molecule has 8 heteroatoms. The molecule has 1 aliphatic carbocycles. The van der Waals surface area contributed by atoms with Gasteiger partial charge in [-0.25, -0.2) is 0 Å². The maximum atomic E-state index is 6.93. The van der Waals surface area contributed by atoms with Crippen molar-refractivity contribution in [1.29, 1.82) is 0 Å². The molecule has 0 nitrogen and oxygen atoms in total. The average Bonchev–Trinajstić information content (AvgIpc) is 3.63. The number of halogens is 2. The fraction of sp³-hybridized carbons (Fsp3) is 0.379. The quantitative estimate of drug-likeness (QED) is 0.175. The third-order valence-electron chi connectivity index (χ3n) is 7.73. The molecular formula is C29H26Al2Cl2S4. The van der Waals surface area contributed by atoms with E-state index in [1.807, 2.05) is 45.3 Å². The number of hydrogen-bond donors (Lipinski definition) is 0. The Morgan fingerprint density at radius 1 is 0.676 bits per heavy atom. The molecule has 0 saturated heterocycles. The number of hydrogen-bond acceptors (Lipinski definition) is 4. The Morgan fingerprint density at radius 3 is 1.89 bits per heavy atom. The Morgan fingerprint density at radius 2 is 1.24 bits per heavy atom. The lowest BCUT2D eigenvalue weighted by molar-refractivity contribution is 0.536. The van der Waals surface area contributed by atoms with Gasteiger partial charge < -0.3 is 0 Å². The highest BCUT2D eigenvalue weighted by Gasteiger charge is 2.23. The van der Waals surface area contributed by atoms with Crippen molar-refractivity contribution in [3.05, 3.63) is 53.8 Å². The first-order chi connectivity index (χ1) is 17.8. The lowest BCUT2D eigenvalue weighted by Gasteiger charge is -2.15. The van der Waals surface area contributed by atoms with E-state index in [1.54, 1.807) is 0 Å². The first kappa shape index (κ1) is 27.4. The first-order valence-corrected chi connectivity index (χ1v) is 18.0. The van der Waals surface area contributed by atoms with E-state index in [-0.39, 0.29) is 0 Å². The summed E-state index contributed by atoms with van der Waals surface area (Å²) in [6, 6.07) is 9.19. The van der Waals surface area contributed by atoms with Gasteiger partial charge in [0.2, 0.25) is 0 Å². The molecule has 1 saturated carbocycles. The predicted molar refractivity (Wildman–Crippen MR) is 173 cm³/mol. The summed E-state index contributed by atoms with van der Waals surface area (Å²) in [5.41, 5.74) is 0. The van der Waals surface area contributed by atoms with Gasteiger partial charge in [-0.2, -0.15) is 0 Å². The normalized spacial score (nSPS) is 19.4. The van der Waals surface area contributed by atoms with Gasteiger partial charge in [0.15, 0.2) is 32.6 Å². The van der Waals surface area contributed by atoms with Gasteiger partial charge in [-0.3, -0.25) is 0 Å². The molecule has 0 bridgehead atoms. The van der Waals surface area contributed by atoms with Crippen LogP contribution in [0.5, 0.6) is 0 Å². The highest BCUT2D eigenvalue weighted by Crippen LogP contribution is 2.47. The van der Waals surface area contributed by atoms with Crippen LogP contribution in [-0.2, 0) is 0 Å². The lowest BCUT2D eigenvalue weighted by atomic mass is 9.94. The van der Waals surface area contributed by atoms with Gasteiger partial charge in [-0.1, -0.05) is 42.5 Å². The summed E-state index contributed by atoms with van der Waals surface area (Å²) in [6.45, 7) is 4.34. The monoisotopic (exact) mass is 626 g/mol. The second-order valence-electron chi connectivity index (χ2n) is 10.3. The Hall–Kier alpha value is 0.185. The van der Waals surface area contributed by atoms with Crippen LogP contribution < -0.4 is 8.85 Å². The van der Waals surface area contributed by atoms with E-state index in [9.17, 15) is 0 Å². The fourth-order valence-electron chi connectivity index (χ4n) is 5.75. The molecule has 4 radical (unpaired) electrons. The molecule has 1 aliphatic rings. The van der Waals surface area contributed by atoms with Crippen LogP contribution in [0.4, 0.5) is 0 Å². The van der Waals surface area contributed by atoms with Crippen LogP contribution in [0.25, 0.3) is 29.9 Å². The number of thiophene rings is 4. The third kappa shape index (κ3) is 5.32. The van der Waals surface area contributed by atoms with Crippen molar-refractivity contribution in [1.82, 2.24) is 0 Å².